The summed E-state index contributed by atoms with van der Waals surface area (Å²) in [6.07, 6.45) is 2.42. The Morgan fingerprint density at radius 3 is 2.64 bits per heavy atom. The van der Waals surface area contributed by atoms with Crippen molar-refractivity contribution in [3.8, 4) is 11.1 Å². The molecule has 0 radical (unpaired) electrons. The molecule has 5 heteroatoms. The van der Waals surface area contributed by atoms with Crippen molar-refractivity contribution in [2.24, 2.45) is 5.41 Å². The van der Waals surface area contributed by atoms with Gasteiger partial charge in [0.2, 0.25) is 0 Å². The zero-order valence-electron chi connectivity index (χ0n) is 14.9. The maximum atomic E-state index is 11.6. The van der Waals surface area contributed by atoms with Crippen LogP contribution in [0.3, 0.4) is 0 Å². The summed E-state index contributed by atoms with van der Waals surface area (Å²) in [4.78, 5) is 17.2. The maximum absolute atomic E-state index is 11.6. The van der Waals surface area contributed by atoms with Gasteiger partial charge in [-0.15, -0.1) is 0 Å². The van der Waals surface area contributed by atoms with Gasteiger partial charge in [0, 0.05) is 18.9 Å². The molecule has 25 heavy (non-hydrogen) atoms. The summed E-state index contributed by atoms with van der Waals surface area (Å²) >= 11 is 0. The molecule has 2 aromatic rings. The van der Waals surface area contributed by atoms with Crippen LogP contribution in [0.15, 0.2) is 42.7 Å². The average molecular weight is 340 g/mol. The summed E-state index contributed by atoms with van der Waals surface area (Å²) in [7, 11) is 0. The summed E-state index contributed by atoms with van der Waals surface area (Å²) in [5.41, 5.74) is 4.34. The number of rotatable bonds is 4. The fraction of sp³-hybridized carbons (Fsp3) is 0.400. The van der Waals surface area contributed by atoms with Crippen LogP contribution in [0.4, 0.5) is 4.79 Å². The van der Waals surface area contributed by atoms with Crippen LogP contribution in [-0.4, -0.2) is 34.2 Å². The number of pyridine rings is 1. The third-order valence-corrected chi connectivity index (χ3v) is 4.30. The molecule has 132 valence electrons. The molecule has 1 aromatic heterocycles. The molecule has 1 aliphatic rings. The van der Waals surface area contributed by atoms with Crippen molar-refractivity contribution in [1.82, 2.24) is 9.88 Å². The number of ether oxygens (including phenoxy) is 1. The van der Waals surface area contributed by atoms with Gasteiger partial charge >= 0.3 is 6.09 Å². The summed E-state index contributed by atoms with van der Waals surface area (Å²) in [6, 6.07) is 10.1. The molecule has 0 saturated carbocycles. The van der Waals surface area contributed by atoms with Gasteiger partial charge in [-0.1, -0.05) is 39.0 Å². The first-order valence-corrected chi connectivity index (χ1v) is 8.47. The Labute approximate surface area is 148 Å². The summed E-state index contributed by atoms with van der Waals surface area (Å²) in [6.45, 7) is 7.43. The summed E-state index contributed by atoms with van der Waals surface area (Å²) in [5.74, 6) is 0. The van der Waals surface area contributed by atoms with E-state index in [1.807, 2.05) is 45.0 Å². The smallest absolute Gasteiger partial charge is 0.407 e. The Balaban J connectivity index is 1.86. The third-order valence-electron chi connectivity index (χ3n) is 4.30. The standard InChI is InChI=1S/C20H24N2O3/c1-20(2,3)13-22(19(23)24)11-18-16-6-4-5-15(17(16)12-25-18)14-7-9-21-10-8-14/h4-10,18H,11-13H2,1-3H3,(H,23,24). The Morgan fingerprint density at radius 1 is 1.28 bits per heavy atom. The Bertz CT molecular complexity index is 753. The molecule has 0 spiro atoms. The Morgan fingerprint density at radius 2 is 2.00 bits per heavy atom. The lowest BCUT2D eigenvalue weighted by Gasteiger charge is -2.29. The van der Waals surface area contributed by atoms with Crippen LogP contribution in [-0.2, 0) is 11.3 Å². The van der Waals surface area contributed by atoms with E-state index in [4.69, 9.17) is 4.74 Å². The number of benzene rings is 1. The highest BCUT2D eigenvalue weighted by atomic mass is 16.5. The van der Waals surface area contributed by atoms with Crippen LogP contribution in [0, 0.1) is 5.41 Å². The van der Waals surface area contributed by atoms with Gasteiger partial charge in [0.25, 0.3) is 0 Å². The van der Waals surface area contributed by atoms with Crippen LogP contribution in [0.1, 0.15) is 38.0 Å². The minimum Gasteiger partial charge on any atom is -0.465 e. The quantitative estimate of drug-likeness (QED) is 0.899. The molecule has 5 nitrogen and oxygen atoms in total. The molecule has 1 N–H and O–H groups in total. The first-order valence-electron chi connectivity index (χ1n) is 8.47. The summed E-state index contributed by atoms with van der Waals surface area (Å²) in [5, 5.41) is 9.54. The van der Waals surface area contributed by atoms with E-state index in [1.54, 1.807) is 12.4 Å². The van der Waals surface area contributed by atoms with Crippen LogP contribution >= 0.6 is 0 Å². The van der Waals surface area contributed by atoms with Gasteiger partial charge in [0.1, 0.15) is 6.10 Å². The van der Waals surface area contributed by atoms with Crippen LogP contribution < -0.4 is 0 Å². The van der Waals surface area contributed by atoms with E-state index in [0.717, 1.165) is 22.3 Å². The highest BCUT2D eigenvalue weighted by Crippen LogP contribution is 2.37. The molecule has 0 fully saturated rings. The van der Waals surface area contributed by atoms with Gasteiger partial charge < -0.3 is 14.7 Å². The van der Waals surface area contributed by atoms with Gasteiger partial charge in [-0.25, -0.2) is 4.79 Å². The van der Waals surface area contributed by atoms with Crippen molar-refractivity contribution in [2.75, 3.05) is 13.1 Å². The van der Waals surface area contributed by atoms with E-state index in [1.165, 1.54) is 4.90 Å². The number of aromatic nitrogens is 1. The van der Waals surface area contributed by atoms with Gasteiger partial charge in [-0.05, 0) is 39.8 Å². The van der Waals surface area contributed by atoms with Crippen molar-refractivity contribution in [2.45, 2.75) is 33.5 Å². The second-order valence-electron chi connectivity index (χ2n) is 7.63. The van der Waals surface area contributed by atoms with Gasteiger partial charge in [0.15, 0.2) is 0 Å². The molecule has 1 aromatic carbocycles. The molecule has 1 unspecified atom stereocenters. The molecule has 0 aliphatic carbocycles. The molecule has 1 aliphatic heterocycles. The molecular formula is C20H24N2O3. The van der Waals surface area contributed by atoms with E-state index in [2.05, 4.69) is 11.1 Å². The number of carbonyl (C=O) groups is 1. The third kappa shape index (κ3) is 3.99. The van der Waals surface area contributed by atoms with Gasteiger partial charge in [0.05, 0.1) is 13.2 Å². The zero-order chi connectivity index (χ0) is 18.0. The number of nitrogens with zero attached hydrogens (tertiary/aromatic N) is 2. The van der Waals surface area contributed by atoms with Crippen molar-refractivity contribution >= 4 is 6.09 Å². The van der Waals surface area contributed by atoms with E-state index in [-0.39, 0.29) is 11.5 Å². The second-order valence-corrected chi connectivity index (χ2v) is 7.63. The molecular weight excluding hydrogens is 316 g/mol. The first-order chi connectivity index (χ1) is 11.8. The van der Waals surface area contributed by atoms with Crippen molar-refractivity contribution in [3.63, 3.8) is 0 Å². The lowest BCUT2D eigenvalue weighted by Crippen LogP contribution is -2.39. The van der Waals surface area contributed by atoms with Crippen LogP contribution in [0.25, 0.3) is 11.1 Å². The Kier molecular flexibility index (Phi) is 4.77. The molecule has 0 saturated heterocycles. The van der Waals surface area contributed by atoms with E-state index >= 15 is 0 Å². The molecule has 0 bridgehead atoms. The largest absolute Gasteiger partial charge is 0.465 e. The fourth-order valence-corrected chi connectivity index (χ4v) is 3.28. The molecule has 1 amide bonds. The number of fused-ring (bicyclic) bond motifs is 1. The van der Waals surface area contributed by atoms with Crippen LogP contribution in [0.2, 0.25) is 0 Å². The lowest BCUT2D eigenvalue weighted by molar-refractivity contribution is 0.0301. The van der Waals surface area contributed by atoms with Crippen molar-refractivity contribution in [3.05, 3.63) is 53.9 Å². The SMILES string of the molecule is CC(C)(C)CN(CC1OCc2c(-c3ccncc3)cccc21)C(=O)O. The number of hydrogen-bond acceptors (Lipinski definition) is 3. The first kappa shape index (κ1) is 17.4. The fourth-order valence-electron chi connectivity index (χ4n) is 3.28. The van der Waals surface area contributed by atoms with E-state index < -0.39 is 6.09 Å². The molecule has 3 rings (SSSR count). The molecule has 1 atom stereocenters. The normalized spacial score (nSPS) is 16.5. The summed E-state index contributed by atoms with van der Waals surface area (Å²) < 4.78 is 5.96. The second kappa shape index (κ2) is 6.84. The van der Waals surface area contributed by atoms with Crippen LogP contribution in [0.5, 0.6) is 0 Å². The number of hydrogen-bond donors (Lipinski definition) is 1. The predicted octanol–water partition coefficient (Wildman–Crippen LogP) is 4.35. The van der Waals surface area contributed by atoms with E-state index in [0.29, 0.717) is 19.7 Å². The van der Waals surface area contributed by atoms with Gasteiger partial charge in [-0.2, -0.15) is 0 Å². The van der Waals surface area contributed by atoms with Gasteiger partial charge in [-0.3, -0.25) is 4.98 Å². The average Bonchev–Trinajstić information content (AvgIpc) is 2.97. The van der Waals surface area contributed by atoms with Crippen molar-refractivity contribution in [1.29, 1.82) is 0 Å². The lowest BCUT2D eigenvalue weighted by atomic mass is 9.94. The van der Waals surface area contributed by atoms with Crippen molar-refractivity contribution < 1.29 is 14.6 Å². The van der Waals surface area contributed by atoms with E-state index in [9.17, 15) is 9.90 Å². The number of carboxylic acid groups (broad SMARTS) is 1. The highest BCUT2D eigenvalue weighted by Gasteiger charge is 2.30. The minimum atomic E-state index is -0.905. The monoisotopic (exact) mass is 340 g/mol. The highest BCUT2D eigenvalue weighted by molar-refractivity contribution is 5.69. The minimum absolute atomic E-state index is 0.0985. The molecule has 2 heterocycles. The zero-order valence-corrected chi connectivity index (χ0v) is 14.9. The Hall–Kier alpha value is -2.40. The predicted molar refractivity (Wildman–Crippen MR) is 96.3 cm³/mol. The topological polar surface area (TPSA) is 62.7 Å². The number of amides is 1. The maximum Gasteiger partial charge on any atom is 0.407 e.